The normalized spacial score (nSPS) is 20.9. The van der Waals surface area contributed by atoms with Gasteiger partial charge >= 0.3 is 23.9 Å². The predicted octanol–water partition coefficient (Wildman–Crippen LogP) is 2.94. The summed E-state index contributed by atoms with van der Waals surface area (Å²) in [4.78, 5) is 48.2. The molecule has 0 unspecified atom stereocenters. The summed E-state index contributed by atoms with van der Waals surface area (Å²) in [5, 5.41) is 0. The van der Waals surface area contributed by atoms with Crippen molar-refractivity contribution < 1.29 is 38.1 Å². The highest BCUT2D eigenvalue weighted by Gasteiger charge is 2.13. The van der Waals surface area contributed by atoms with Crippen LogP contribution in [0.2, 0.25) is 0 Å². The summed E-state index contributed by atoms with van der Waals surface area (Å²) >= 11 is 0. The van der Waals surface area contributed by atoms with Gasteiger partial charge in [0.1, 0.15) is 0 Å². The van der Waals surface area contributed by atoms with Gasteiger partial charge in [-0.15, -0.1) is 0 Å². The first kappa shape index (κ1) is 23.6. The molecular formula is C23H24O8. The number of benzene rings is 1. The zero-order chi connectivity index (χ0) is 22.6. The zero-order valence-corrected chi connectivity index (χ0v) is 17.3. The molecule has 3 rings (SSSR count). The van der Waals surface area contributed by atoms with Gasteiger partial charge in [-0.25, -0.2) is 19.2 Å². The molecule has 0 aromatic heterocycles. The Morgan fingerprint density at radius 1 is 0.677 bits per heavy atom. The lowest BCUT2D eigenvalue weighted by atomic mass is 10.1. The average Bonchev–Trinajstić information content (AvgIpc) is 2.77. The van der Waals surface area contributed by atoms with Crippen LogP contribution in [0.1, 0.15) is 40.5 Å². The van der Waals surface area contributed by atoms with E-state index >= 15 is 0 Å². The molecule has 2 aliphatic rings. The second kappa shape index (κ2) is 12.1. The highest BCUT2D eigenvalue weighted by atomic mass is 16.6. The molecule has 0 radical (unpaired) electrons. The third-order valence-corrected chi connectivity index (χ3v) is 4.16. The van der Waals surface area contributed by atoms with Crippen molar-refractivity contribution in [1.29, 1.82) is 0 Å². The zero-order valence-electron chi connectivity index (χ0n) is 17.3. The molecule has 1 aromatic carbocycles. The maximum absolute atomic E-state index is 12.1. The van der Waals surface area contributed by atoms with Crippen LogP contribution < -0.4 is 0 Å². The van der Waals surface area contributed by atoms with Crippen molar-refractivity contribution in [2.75, 3.05) is 26.4 Å². The summed E-state index contributed by atoms with van der Waals surface area (Å²) in [6.45, 7) is 5.31. The molecule has 1 aromatic rings. The van der Waals surface area contributed by atoms with E-state index in [1.807, 2.05) is 0 Å². The fourth-order valence-corrected chi connectivity index (χ4v) is 2.39. The van der Waals surface area contributed by atoms with Gasteiger partial charge in [-0.2, -0.15) is 0 Å². The van der Waals surface area contributed by atoms with Gasteiger partial charge in [-0.1, -0.05) is 18.7 Å². The standard InChI is InChI=1S/C23H24O8/c1-3-17-7-6-16(2)20(24)28-12-4-14-30-22(26)18-8-10-19(11-9-18)23(27)31-15-5-13-29-21(17)25/h3,6-11H,1,4-5,12-15H2,2H3/b16-6+,17-7+. The van der Waals surface area contributed by atoms with Crippen LogP contribution in [0.3, 0.4) is 0 Å². The number of carbonyl (C=O) groups is 4. The van der Waals surface area contributed by atoms with Crippen molar-refractivity contribution in [2.45, 2.75) is 19.8 Å². The van der Waals surface area contributed by atoms with Crippen molar-refractivity contribution in [3.63, 3.8) is 0 Å². The number of hydrogen-bond donors (Lipinski definition) is 0. The molecule has 8 nitrogen and oxygen atoms in total. The van der Waals surface area contributed by atoms with E-state index in [2.05, 4.69) is 6.58 Å². The second-order valence-electron chi connectivity index (χ2n) is 6.50. The smallest absolute Gasteiger partial charge is 0.338 e. The van der Waals surface area contributed by atoms with Gasteiger partial charge in [-0.05, 0) is 37.3 Å². The third kappa shape index (κ3) is 7.58. The number of fused-ring (bicyclic) bond motifs is 17. The van der Waals surface area contributed by atoms with E-state index in [0.29, 0.717) is 12.8 Å². The molecule has 0 atom stereocenters. The number of hydrogen-bond acceptors (Lipinski definition) is 8. The summed E-state index contributed by atoms with van der Waals surface area (Å²) in [6.07, 6.45) is 4.76. The molecule has 2 aliphatic heterocycles. The third-order valence-electron chi connectivity index (χ3n) is 4.16. The van der Waals surface area contributed by atoms with Crippen molar-refractivity contribution in [2.24, 2.45) is 0 Å². The van der Waals surface area contributed by atoms with Crippen LogP contribution >= 0.6 is 0 Å². The number of carbonyl (C=O) groups excluding carboxylic acids is 4. The van der Waals surface area contributed by atoms with Crippen LogP contribution in [0, 0.1) is 0 Å². The Balaban J connectivity index is 2.09. The Labute approximate surface area is 180 Å². The minimum absolute atomic E-state index is 0.0345. The SMILES string of the molecule is C=C/C1=C\C=C(/C)C(=O)OCCCOC(=O)c2ccc(cc2)C(=O)OCCCOC1=O. The van der Waals surface area contributed by atoms with E-state index in [4.69, 9.17) is 18.9 Å². The minimum atomic E-state index is -0.613. The van der Waals surface area contributed by atoms with Gasteiger partial charge in [-0.3, -0.25) is 0 Å². The monoisotopic (exact) mass is 428 g/mol. The highest BCUT2D eigenvalue weighted by molar-refractivity contribution is 5.94. The topological polar surface area (TPSA) is 105 Å². The van der Waals surface area contributed by atoms with E-state index in [1.165, 1.54) is 42.5 Å². The van der Waals surface area contributed by atoms with E-state index in [-0.39, 0.29) is 48.7 Å². The number of allylic oxidation sites excluding steroid dienone is 2. The number of esters is 4. The van der Waals surface area contributed by atoms with Crippen LogP contribution in [0.25, 0.3) is 0 Å². The van der Waals surface area contributed by atoms with Gasteiger partial charge < -0.3 is 18.9 Å². The average molecular weight is 428 g/mol. The first-order chi connectivity index (χ1) is 14.9. The highest BCUT2D eigenvalue weighted by Crippen LogP contribution is 2.09. The van der Waals surface area contributed by atoms with Crippen LogP contribution in [-0.4, -0.2) is 50.3 Å². The summed E-state index contributed by atoms with van der Waals surface area (Å²) in [5.41, 5.74) is 1.00. The van der Waals surface area contributed by atoms with Gasteiger partial charge in [0.2, 0.25) is 0 Å². The van der Waals surface area contributed by atoms with Crippen LogP contribution in [0.15, 0.2) is 60.2 Å². The first-order valence-corrected chi connectivity index (χ1v) is 9.72. The lowest BCUT2D eigenvalue weighted by molar-refractivity contribution is -0.140. The predicted molar refractivity (Wildman–Crippen MR) is 110 cm³/mol. The Morgan fingerprint density at radius 3 is 1.55 bits per heavy atom. The molecule has 0 amide bonds. The molecule has 2 bridgehead atoms. The van der Waals surface area contributed by atoms with Crippen LogP contribution in [-0.2, 0) is 28.5 Å². The molecule has 0 aliphatic carbocycles. The van der Waals surface area contributed by atoms with E-state index in [0.717, 1.165) is 0 Å². The fraction of sp³-hybridized carbons (Fsp3) is 0.304. The molecule has 0 saturated carbocycles. The Kier molecular flexibility index (Phi) is 9.22. The van der Waals surface area contributed by atoms with Gasteiger partial charge in [0.05, 0.1) is 43.1 Å². The molecular weight excluding hydrogens is 404 g/mol. The maximum Gasteiger partial charge on any atom is 0.338 e. The molecule has 0 saturated heterocycles. The molecule has 31 heavy (non-hydrogen) atoms. The maximum atomic E-state index is 12.1. The van der Waals surface area contributed by atoms with Crippen molar-refractivity contribution in [3.05, 3.63) is 71.3 Å². The van der Waals surface area contributed by atoms with E-state index in [9.17, 15) is 19.2 Å². The molecule has 0 fully saturated rings. The van der Waals surface area contributed by atoms with Gasteiger partial charge in [0.15, 0.2) is 0 Å². The summed E-state index contributed by atoms with van der Waals surface area (Å²) in [7, 11) is 0. The quantitative estimate of drug-likeness (QED) is 0.497. The minimum Gasteiger partial charge on any atom is -0.462 e. The Hall–Kier alpha value is -3.68. The molecule has 2 heterocycles. The lowest BCUT2D eigenvalue weighted by Gasteiger charge is -2.09. The summed E-state index contributed by atoms with van der Waals surface area (Å²) in [6, 6.07) is 5.85. The molecule has 164 valence electrons. The van der Waals surface area contributed by atoms with Crippen molar-refractivity contribution in [1.82, 2.24) is 0 Å². The van der Waals surface area contributed by atoms with Crippen molar-refractivity contribution >= 4 is 23.9 Å². The molecule has 0 N–H and O–H groups in total. The number of ether oxygens (including phenoxy) is 4. The van der Waals surface area contributed by atoms with E-state index in [1.54, 1.807) is 6.92 Å². The summed E-state index contributed by atoms with van der Waals surface area (Å²) < 4.78 is 20.5. The van der Waals surface area contributed by atoms with Crippen molar-refractivity contribution in [3.8, 4) is 0 Å². The molecule has 8 heteroatoms. The summed E-state index contributed by atoms with van der Waals surface area (Å²) in [5.74, 6) is -2.27. The molecule has 0 spiro atoms. The Morgan fingerprint density at radius 2 is 1.10 bits per heavy atom. The van der Waals surface area contributed by atoms with Crippen LogP contribution in [0.5, 0.6) is 0 Å². The Bertz CT molecular complexity index is 893. The van der Waals surface area contributed by atoms with Crippen LogP contribution in [0.4, 0.5) is 0 Å². The van der Waals surface area contributed by atoms with E-state index < -0.39 is 23.9 Å². The van der Waals surface area contributed by atoms with Gasteiger partial charge in [0.25, 0.3) is 0 Å². The van der Waals surface area contributed by atoms with Gasteiger partial charge in [0, 0.05) is 18.4 Å². The number of rotatable bonds is 1. The fourth-order valence-electron chi connectivity index (χ4n) is 2.39. The largest absolute Gasteiger partial charge is 0.462 e. The first-order valence-electron chi connectivity index (χ1n) is 9.72. The second-order valence-corrected chi connectivity index (χ2v) is 6.50. The lowest BCUT2D eigenvalue weighted by Crippen LogP contribution is -2.13.